The van der Waals surface area contributed by atoms with Crippen LogP contribution < -0.4 is 0 Å². The molecular weight excluding hydrogens is 296 g/mol. The Labute approximate surface area is 143 Å². The van der Waals surface area contributed by atoms with Crippen LogP contribution in [0.1, 0.15) is 37.3 Å². The van der Waals surface area contributed by atoms with E-state index in [0.29, 0.717) is 0 Å². The number of aryl methyl sites for hydroxylation is 2. The zero-order valence-corrected chi connectivity index (χ0v) is 14.8. The number of rotatable bonds is 6. The highest BCUT2D eigenvalue weighted by molar-refractivity contribution is 7.18. The lowest BCUT2D eigenvalue weighted by Crippen LogP contribution is -1.85. The first-order valence-corrected chi connectivity index (χ1v) is 9.34. The van der Waals surface area contributed by atoms with Gasteiger partial charge in [0.1, 0.15) is 0 Å². The van der Waals surface area contributed by atoms with E-state index < -0.39 is 0 Å². The van der Waals surface area contributed by atoms with Crippen LogP contribution in [0.3, 0.4) is 0 Å². The summed E-state index contributed by atoms with van der Waals surface area (Å²) in [6, 6.07) is 22.4. The Hall–Kier alpha value is -1.86. The molecule has 0 spiro atoms. The molecule has 118 valence electrons. The Morgan fingerprint density at radius 2 is 1.26 bits per heavy atom. The molecule has 3 rings (SSSR count). The molecule has 0 nitrogen and oxygen atoms in total. The predicted octanol–water partition coefficient (Wildman–Crippen LogP) is 7.12. The van der Waals surface area contributed by atoms with Crippen LogP contribution in [-0.2, 0) is 6.42 Å². The van der Waals surface area contributed by atoms with Crippen molar-refractivity contribution in [1.29, 1.82) is 0 Å². The highest BCUT2D eigenvalue weighted by atomic mass is 32.1. The van der Waals surface area contributed by atoms with Gasteiger partial charge in [-0.2, -0.15) is 0 Å². The second-order valence-corrected chi connectivity index (χ2v) is 7.27. The molecule has 0 aliphatic rings. The first kappa shape index (κ1) is 16.0. The quantitative estimate of drug-likeness (QED) is 0.424. The molecule has 0 aliphatic heterocycles. The number of thiophene rings is 1. The van der Waals surface area contributed by atoms with Gasteiger partial charge in [-0.3, -0.25) is 0 Å². The number of benzene rings is 2. The number of unbranched alkanes of at least 4 members (excludes halogenated alkanes) is 2. The van der Waals surface area contributed by atoms with Gasteiger partial charge in [-0.15, -0.1) is 11.3 Å². The molecule has 0 bridgehead atoms. The van der Waals surface area contributed by atoms with Crippen LogP contribution in [0.15, 0.2) is 60.7 Å². The molecule has 0 amide bonds. The van der Waals surface area contributed by atoms with Gasteiger partial charge in [-0.1, -0.05) is 73.9 Å². The van der Waals surface area contributed by atoms with Gasteiger partial charge in [0, 0.05) is 9.75 Å². The van der Waals surface area contributed by atoms with Gasteiger partial charge in [0.05, 0.1) is 0 Å². The van der Waals surface area contributed by atoms with Crippen LogP contribution in [0, 0.1) is 6.92 Å². The maximum Gasteiger partial charge on any atom is 0.0349 e. The number of hydrogen-bond acceptors (Lipinski definition) is 1. The maximum atomic E-state index is 2.29. The summed E-state index contributed by atoms with van der Waals surface area (Å²) in [5.74, 6) is 0. The fraction of sp³-hybridized carbons (Fsp3) is 0.273. The van der Waals surface area contributed by atoms with E-state index in [1.165, 1.54) is 57.7 Å². The Morgan fingerprint density at radius 1 is 0.696 bits per heavy atom. The van der Waals surface area contributed by atoms with E-state index in [1.54, 1.807) is 0 Å². The Kier molecular flexibility index (Phi) is 5.30. The van der Waals surface area contributed by atoms with E-state index in [0.717, 1.165) is 0 Å². The molecule has 0 saturated carbocycles. The summed E-state index contributed by atoms with van der Waals surface area (Å²) < 4.78 is 0. The second kappa shape index (κ2) is 7.61. The zero-order chi connectivity index (χ0) is 16.1. The molecule has 0 radical (unpaired) electrons. The van der Waals surface area contributed by atoms with E-state index in [2.05, 4.69) is 74.5 Å². The van der Waals surface area contributed by atoms with Crippen molar-refractivity contribution in [3.63, 3.8) is 0 Å². The highest BCUT2D eigenvalue weighted by Gasteiger charge is 2.05. The van der Waals surface area contributed by atoms with Crippen molar-refractivity contribution < 1.29 is 0 Å². The zero-order valence-electron chi connectivity index (χ0n) is 14.0. The summed E-state index contributed by atoms with van der Waals surface area (Å²) in [6.07, 6.45) is 5.11. The minimum atomic E-state index is 1.20. The first-order valence-electron chi connectivity index (χ1n) is 8.52. The molecule has 0 saturated heterocycles. The molecule has 1 heteroatoms. The third-order valence-corrected chi connectivity index (χ3v) is 5.43. The van der Waals surface area contributed by atoms with Crippen LogP contribution in [0.25, 0.3) is 20.9 Å². The third kappa shape index (κ3) is 4.11. The predicted molar refractivity (Wildman–Crippen MR) is 103 cm³/mol. The van der Waals surface area contributed by atoms with Gasteiger partial charge in [-0.05, 0) is 48.6 Å². The largest absolute Gasteiger partial charge is 0.135 e. The van der Waals surface area contributed by atoms with E-state index >= 15 is 0 Å². The summed E-state index contributed by atoms with van der Waals surface area (Å²) in [5, 5.41) is 0. The van der Waals surface area contributed by atoms with Crippen molar-refractivity contribution in [2.75, 3.05) is 0 Å². The standard InChI is InChI=1S/C22H24S/c1-3-4-5-6-18-9-13-20(14-10-18)22-16-15-21(23-22)19-11-7-17(2)8-12-19/h7-16H,3-6H2,1-2H3. The highest BCUT2D eigenvalue weighted by Crippen LogP contribution is 2.34. The van der Waals surface area contributed by atoms with Gasteiger partial charge in [-0.25, -0.2) is 0 Å². The monoisotopic (exact) mass is 320 g/mol. The first-order chi connectivity index (χ1) is 11.3. The summed E-state index contributed by atoms with van der Waals surface area (Å²) in [6.45, 7) is 4.39. The van der Waals surface area contributed by atoms with Crippen molar-refractivity contribution in [2.45, 2.75) is 39.5 Å². The molecule has 0 atom stereocenters. The average Bonchev–Trinajstić information content (AvgIpc) is 3.06. The third-order valence-electron chi connectivity index (χ3n) is 4.25. The van der Waals surface area contributed by atoms with E-state index in [9.17, 15) is 0 Å². The second-order valence-electron chi connectivity index (χ2n) is 6.18. The fourth-order valence-corrected chi connectivity index (χ4v) is 3.80. The molecule has 0 aliphatic carbocycles. The Bertz CT molecular complexity index is 732. The topological polar surface area (TPSA) is 0 Å². The molecule has 0 unspecified atom stereocenters. The summed E-state index contributed by atoms with van der Waals surface area (Å²) in [5.41, 5.74) is 5.40. The summed E-state index contributed by atoms with van der Waals surface area (Å²) in [7, 11) is 0. The van der Waals surface area contributed by atoms with Gasteiger partial charge >= 0.3 is 0 Å². The van der Waals surface area contributed by atoms with Crippen LogP contribution >= 0.6 is 11.3 Å². The van der Waals surface area contributed by atoms with E-state index in [1.807, 2.05) is 11.3 Å². The van der Waals surface area contributed by atoms with E-state index in [4.69, 9.17) is 0 Å². The lowest BCUT2D eigenvalue weighted by molar-refractivity contribution is 0.717. The Balaban J connectivity index is 1.73. The minimum absolute atomic E-state index is 1.20. The van der Waals surface area contributed by atoms with Gasteiger partial charge in [0.25, 0.3) is 0 Å². The molecule has 0 fully saturated rings. The molecule has 1 aromatic heterocycles. The van der Waals surface area contributed by atoms with Crippen LogP contribution in [-0.4, -0.2) is 0 Å². The lowest BCUT2D eigenvalue weighted by Gasteiger charge is -2.03. The maximum absolute atomic E-state index is 2.29. The van der Waals surface area contributed by atoms with Crippen molar-refractivity contribution in [3.8, 4) is 20.9 Å². The van der Waals surface area contributed by atoms with Crippen LogP contribution in [0.2, 0.25) is 0 Å². The van der Waals surface area contributed by atoms with Gasteiger partial charge < -0.3 is 0 Å². The molecule has 2 aromatic carbocycles. The molecule has 0 N–H and O–H groups in total. The molecular formula is C22H24S. The SMILES string of the molecule is CCCCCc1ccc(-c2ccc(-c3ccc(C)cc3)s2)cc1. The van der Waals surface area contributed by atoms with Crippen LogP contribution in [0.4, 0.5) is 0 Å². The summed E-state index contributed by atoms with van der Waals surface area (Å²) in [4.78, 5) is 2.69. The molecule has 3 aromatic rings. The minimum Gasteiger partial charge on any atom is -0.135 e. The average molecular weight is 321 g/mol. The normalized spacial score (nSPS) is 10.9. The van der Waals surface area contributed by atoms with Crippen molar-refractivity contribution in [2.24, 2.45) is 0 Å². The molecule has 23 heavy (non-hydrogen) atoms. The smallest absolute Gasteiger partial charge is 0.0349 e. The van der Waals surface area contributed by atoms with Crippen molar-refractivity contribution in [3.05, 3.63) is 71.8 Å². The van der Waals surface area contributed by atoms with Crippen LogP contribution in [0.5, 0.6) is 0 Å². The summed E-state index contributed by atoms with van der Waals surface area (Å²) >= 11 is 1.87. The van der Waals surface area contributed by atoms with Crippen molar-refractivity contribution >= 4 is 11.3 Å². The number of hydrogen-bond donors (Lipinski definition) is 0. The van der Waals surface area contributed by atoms with Gasteiger partial charge in [0.2, 0.25) is 0 Å². The van der Waals surface area contributed by atoms with Crippen molar-refractivity contribution in [1.82, 2.24) is 0 Å². The lowest BCUT2D eigenvalue weighted by atomic mass is 10.0. The molecule has 1 heterocycles. The van der Waals surface area contributed by atoms with Gasteiger partial charge in [0.15, 0.2) is 0 Å². The van der Waals surface area contributed by atoms with E-state index in [-0.39, 0.29) is 0 Å². The fourth-order valence-electron chi connectivity index (χ4n) is 2.78. The Morgan fingerprint density at radius 3 is 1.83 bits per heavy atom.